The van der Waals surface area contributed by atoms with Gasteiger partial charge in [-0.25, -0.2) is 4.79 Å². The standard InChI is InChI=1S/C8H10AsNO5.C7H5IO2/c1-5(11)10-8-6(9(13,14)15)3-2-4-7(8)12;8-6-3-1-5(2-4-6)7(9)10/h2-4,12H,1H3,(H,10,11)(H2,13,14,15);1-4H,(H,9,10). The maximum absolute atomic E-state index is 11.1. The van der Waals surface area contributed by atoms with E-state index in [0.29, 0.717) is 5.56 Å². The second-order valence-corrected chi connectivity index (χ2v) is 9.25. The first-order chi connectivity index (χ1) is 11.5. The molecule has 25 heavy (non-hydrogen) atoms. The van der Waals surface area contributed by atoms with Gasteiger partial charge in [0.2, 0.25) is 0 Å². The van der Waals surface area contributed by atoms with Crippen LogP contribution in [-0.2, 0) is 8.53 Å². The normalized spacial score (nSPS) is 10.4. The molecule has 0 aliphatic rings. The molecule has 1 amide bonds. The number of carboxylic acid groups (broad SMARTS) is 1. The smallest absolute Gasteiger partial charge is 0.335 e. The Hall–Kier alpha value is -1.81. The molecule has 0 spiro atoms. The molecule has 8 nitrogen and oxygen atoms in total. The van der Waals surface area contributed by atoms with Crippen LogP contribution in [0.2, 0.25) is 0 Å². The zero-order valence-corrected chi connectivity index (χ0v) is 16.9. The fourth-order valence-corrected chi connectivity index (χ4v) is 3.58. The van der Waals surface area contributed by atoms with Crippen LogP contribution in [0.3, 0.4) is 0 Å². The number of carboxylic acids is 1. The molecule has 0 heterocycles. The van der Waals surface area contributed by atoms with Crippen LogP contribution in [0.25, 0.3) is 0 Å². The van der Waals surface area contributed by atoms with Gasteiger partial charge < -0.3 is 5.11 Å². The van der Waals surface area contributed by atoms with Crippen LogP contribution in [0, 0.1) is 3.57 Å². The average Bonchev–Trinajstić information content (AvgIpc) is 2.49. The van der Waals surface area contributed by atoms with Crippen LogP contribution in [-0.4, -0.2) is 44.5 Å². The third-order valence-electron chi connectivity index (χ3n) is 2.73. The van der Waals surface area contributed by atoms with E-state index in [1.54, 1.807) is 24.3 Å². The number of hydrogen-bond acceptors (Lipinski definition) is 4. The van der Waals surface area contributed by atoms with Crippen LogP contribution in [0.15, 0.2) is 42.5 Å². The van der Waals surface area contributed by atoms with E-state index in [0.717, 1.165) is 3.57 Å². The largest absolute Gasteiger partial charge is 0.478 e. The Bertz CT molecular complexity index is 817. The summed E-state index contributed by atoms with van der Waals surface area (Å²) in [6.07, 6.45) is 0. The minimum atomic E-state index is -5.14. The number of halogens is 1. The second kappa shape index (κ2) is 9.04. The van der Waals surface area contributed by atoms with E-state index in [-0.39, 0.29) is 15.8 Å². The van der Waals surface area contributed by atoms with Crippen molar-refractivity contribution >= 4 is 58.7 Å². The molecular formula is C15H15AsINO7. The van der Waals surface area contributed by atoms with Gasteiger partial charge in [-0.2, -0.15) is 0 Å². The predicted molar refractivity (Wildman–Crippen MR) is 99.0 cm³/mol. The number of carbonyl (C=O) groups excluding carboxylic acids is 1. The van der Waals surface area contributed by atoms with Crippen molar-refractivity contribution in [3.8, 4) is 5.75 Å². The Labute approximate surface area is 159 Å². The molecule has 0 saturated carbocycles. The molecule has 0 bridgehead atoms. The van der Waals surface area contributed by atoms with Crippen molar-refractivity contribution in [3.05, 3.63) is 51.6 Å². The minimum Gasteiger partial charge on any atom is -0.478 e. The van der Waals surface area contributed by atoms with E-state index in [9.17, 15) is 18.4 Å². The molecule has 0 saturated heterocycles. The third-order valence-corrected chi connectivity index (χ3v) is 5.54. The van der Waals surface area contributed by atoms with E-state index in [1.165, 1.54) is 25.1 Å². The van der Waals surface area contributed by atoms with Crippen LogP contribution in [0.4, 0.5) is 5.69 Å². The number of anilines is 1. The third kappa shape index (κ3) is 6.91. The molecule has 10 heteroatoms. The number of nitrogens with one attached hydrogen (secondary N) is 1. The predicted octanol–water partition coefficient (Wildman–Crippen LogP) is 0.901. The number of para-hydroxylation sites is 1. The van der Waals surface area contributed by atoms with Gasteiger partial charge in [-0.3, -0.25) is 0 Å². The molecule has 0 aliphatic heterocycles. The first-order valence-corrected chi connectivity index (χ1v) is 11.1. The van der Waals surface area contributed by atoms with E-state index in [1.807, 2.05) is 0 Å². The molecular weight excluding hydrogens is 508 g/mol. The van der Waals surface area contributed by atoms with Crippen LogP contribution < -0.4 is 9.67 Å². The number of aromatic carboxylic acids is 1. The summed E-state index contributed by atoms with van der Waals surface area (Å²) in [6, 6.07) is 10.4. The van der Waals surface area contributed by atoms with Crippen molar-refractivity contribution in [1.82, 2.24) is 0 Å². The van der Waals surface area contributed by atoms with E-state index in [4.69, 9.17) is 13.3 Å². The number of benzene rings is 2. The summed E-state index contributed by atoms with van der Waals surface area (Å²) in [5.41, 5.74) is 0.109. The zero-order chi connectivity index (χ0) is 19.2. The van der Waals surface area contributed by atoms with Crippen molar-refractivity contribution in [2.45, 2.75) is 6.92 Å². The first-order valence-electron chi connectivity index (χ1n) is 6.67. The molecule has 5 N–H and O–H groups in total. The molecule has 0 unspecified atom stereocenters. The molecule has 2 aromatic carbocycles. The SMILES string of the molecule is CC(=O)Nc1c(O)cccc1[As](=O)(O)O.O=C(O)c1ccc(I)cc1. The van der Waals surface area contributed by atoms with Crippen molar-refractivity contribution in [1.29, 1.82) is 0 Å². The fraction of sp³-hybridized carbons (Fsp3) is 0.0667. The van der Waals surface area contributed by atoms with E-state index in [2.05, 4.69) is 27.9 Å². The van der Waals surface area contributed by atoms with Gasteiger partial charge in [0.25, 0.3) is 0 Å². The number of amides is 1. The quantitative estimate of drug-likeness (QED) is 0.229. The summed E-state index contributed by atoms with van der Waals surface area (Å²) in [7, 11) is 0. The average molecular weight is 523 g/mol. The fourth-order valence-electron chi connectivity index (χ4n) is 1.67. The van der Waals surface area contributed by atoms with Gasteiger partial charge in [0, 0.05) is 3.57 Å². The number of hydrogen-bond donors (Lipinski definition) is 5. The zero-order valence-electron chi connectivity index (χ0n) is 12.9. The Morgan fingerprint density at radius 1 is 1.08 bits per heavy atom. The molecule has 0 aromatic heterocycles. The Morgan fingerprint density at radius 2 is 1.64 bits per heavy atom. The molecule has 134 valence electrons. The molecule has 0 aliphatic carbocycles. The molecule has 0 atom stereocenters. The number of phenolic OH excluding ortho intramolecular Hbond substituents is 1. The van der Waals surface area contributed by atoms with Crippen molar-refractivity contribution in [3.63, 3.8) is 0 Å². The van der Waals surface area contributed by atoms with Gasteiger partial charge in [-0.1, -0.05) is 0 Å². The van der Waals surface area contributed by atoms with Crippen molar-refractivity contribution in [2.24, 2.45) is 0 Å². The molecule has 0 radical (unpaired) electrons. The number of aromatic hydroxyl groups is 1. The number of phenols is 1. The summed E-state index contributed by atoms with van der Waals surface area (Å²) in [5, 5.41) is 20.0. The van der Waals surface area contributed by atoms with Gasteiger partial charge in [0.15, 0.2) is 0 Å². The summed E-state index contributed by atoms with van der Waals surface area (Å²) < 4.78 is 29.8. The Morgan fingerprint density at radius 3 is 2.08 bits per heavy atom. The summed E-state index contributed by atoms with van der Waals surface area (Å²) in [5.74, 6) is -1.76. The Balaban J connectivity index is 0.000000271. The van der Waals surface area contributed by atoms with Crippen LogP contribution in [0.5, 0.6) is 5.75 Å². The first kappa shape index (κ1) is 21.2. The molecule has 2 aromatic rings. The van der Waals surface area contributed by atoms with Gasteiger partial charge >= 0.3 is 94.1 Å². The van der Waals surface area contributed by atoms with Crippen molar-refractivity contribution in [2.75, 3.05) is 5.32 Å². The molecule has 2 rings (SSSR count). The minimum absolute atomic E-state index is 0.225. The summed E-state index contributed by atoms with van der Waals surface area (Å²) in [4.78, 5) is 21.1. The maximum Gasteiger partial charge on any atom is 0.335 e. The number of carbonyl (C=O) groups is 2. The van der Waals surface area contributed by atoms with Crippen molar-refractivity contribution < 1.29 is 31.7 Å². The van der Waals surface area contributed by atoms with Crippen LogP contribution in [0.1, 0.15) is 17.3 Å². The van der Waals surface area contributed by atoms with E-state index >= 15 is 0 Å². The van der Waals surface area contributed by atoms with Gasteiger partial charge in [-0.05, 0) is 46.9 Å². The van der Waals surface area contributed by atoms with Gasteiger partial charge in [0.1, 0.15) is 0 Å². The summed E-state index contributed by atoms with van der Waals surface area (Å²) in [6.45, 7) is 1.18. The monoisotopic (exact) mass is 523 g/mol. The number of rotatable bonds is 3. The van der Waals surface area contributed by atoms with Gasteiger partial charge in [0.05, 0.1) is 5.56 Å². The topological polar surface area (TPSA) is 144 Å². The second-order valence-electron chi connectivity index (χ2n) is 4.71. The van der Waals surface area contributed by atoms with E-state index < -0.39 is 26.0 Å². The molecule has 0 fully saturated rings. The van der Waals surface area contributed by atoms with Gasteiger partial charge in [-0.15, -0.1) is 0 Å². The summed E-state index contributed by atoms with van der Waals surface area (Å²) >= 11 is -3.01. The maximum atomic E-state index is 11.1. The van der Waals surface area contributed by atoms with Crippen LogP contribution >= 0.6 is 22.6 Å². The Kier molecular flexibility index (Phi) is 7.68.